The first-order valence-corrected chi connectivity index (χ1v) is 3.96. The van der Waals surface area contributed by atoms with E-state index in [1.807, 2.05) is 5.38 Å². The van der Waals surface area contributed by atoms with Gasteiger partial charge in [-0.05, 0) is 11.4 Å². The quantitative estimate of drug-likeness (QED) is 0.643. The summed E-state index contributed by atoms with van der Waals surface area (Å²) in [5.41, 5.74) is 5.53. The highest BCUT2D eigenvalue weighted by Gasteiger charge is 2.07. The molecule has 0 fully saturated rings. The van der Waals surface area contributed by atoms with Gasteiger partial charge >= 0.3 is 0 Å². The number of halogens is 1. The Morgan fingerprint density at radius 2 is 2.50 bits per heavy atom. The Balaban J connectivity index is 2.96. The molecule has 0 spiro atoms. The summed E-state index contributed by atoms with van der Waals surface area (Å²) in [4.78, 5) is 0.865. The van der Waals surface area contributed by atoms with Crippen LogP contribution in [-0.2, 0) is 0 Å². The Bertz CT molecular complexity index is 261. The third-order valence-corrected chi connectivity index (χ3v) is 2.55. The first-order chi connectivity index (χ1) is 4.75. The maximum atomic E-state index is 5.75. The summed E-state index contributed by atoms with van der Waals surface area (Å²) in [5.74, 6) is 2.41. The van der Waals surface area contributed by atoms with Gasteiger partial charge in [-0.25, -0.2) is 0 Å². The lowest BCUT2D eigenvalue weighted by molar-refractivity contribution is 0.974. The molecule has 3 heteroatoms. The topological polar surface area (TPSA) is 26.0 Å². The molecule has 0 aliphatic rings. The predicted octanol–water partition coefficient (Wildman–Crippen LogP) is 2.03. The summed E-state index contributed by atoms with van der Waals surface area (Å²) in [6.07, 6.45) is 5.11. The number of terminal acetylenes is 1. The highest BCUT2D eigenvalue weighted by atomic mass is 35.5. The van der Waals surface area contributed by atoms with Gasteiger partial charge in [0.1, 0.15) is 6.04 Å². The van der Waals surface area contributed by atoms with E-state index in [4.69, 9.17) is 23.8 Å². The van der Waals surface area contributed by atoms with E-state index in [1.54, 1.807) is 6.07 Å². The molecule has 1 aromatic heterocycles. The summed E-state index contributed by atoms with van der Waals surface area (Å²) in [7, 11) is 0. The van der Waals surface area contributed by atoms with E-state index in [2.05, 4.69) is 5.92 Å². The van der Waals surface area contributed by atoms with Crippen LogP contribution in [0.2, 0.25) is 5.02 Å². The molecule has 52 valence electrons. The lowest BCUT2D eigenvalue weighted by Gasteiger charge is -1.99. The van der Waals surface area contributed by atoms with Crippen molar-refractivity contribution in [2.75, 3.05) is 0 Å². The van der Waals surface area contributed by atoms with Gasteiger partial charge < -0.3 is 5.73 Å². The van der Waals surface area contributed by atoms with Crippen LogP contribution < -0.4 is 5.73 Å². The van der Waals surface area contributed by atoms with E-state index in [1.165, 1.54) is 11.3 Å². The van der Waals surface area contributed by atoms with E-state index in [9.17, 15) is 0 Å². The zero-order valence-electron chi connectivity index (χ0n) is 5.17. The number of nitrogens with two attached hydrogens (primary N) is 1. The Morgan fingerprint density at radius 1 is 1.80 bits per heavy atom. The molecule has 0 saturated carbocycles. The van der Waals surface area contributed by atoms with Crippen LogP contribution in [0.5, 0.6) is 0 Å². The van der Waals surface area contributed by atoms with Crippen molar-refractivity contribution in [2.45, 2.75) is 6.04 Å². The molecule has 2 N–H and O–H groups in total. The van der Waals surface area contributed by atoms with Gasteiger partial charge in [-0.2, -0.15) is 0 Å². The zero-order valence-corrected chi connectivity index (χ0v) is 6.75. The molecule has 0 aromatic carbocycles. The van der Waals surface area contributed by atoms with Crippen LogP contribution in [0.4, 0.5) is 0 Å². The number of thiophene rings is 1. The number of hydrogen-bond donors (Lipinski definition) is 1. The van der Waals surface area contributed by atoms with Crippen molar-refractivity contribution in [1.82, 2.24) is 0 Å². The van der Waals surface area contributed by atoms with Crippen LogP contribution in [0.15, 0.2) is 11.4 Å². The van der Waals surface area contributed by atoms with Crippen LogP contribution in [0.25, 0.3) is 0 Å². The fraction of sp³-hybridized carbons (Fsp3) is 0.143. The maximum absolute atomic E-state index is 5.75. The molecule has 1 unspecified atom stereocenters. The second kappa shape index (κ2) is 3.07. The van der Waals surface area contributed by atoms with Crippen LogP contribution in [0.3, 0.4) is 0 Å². The van der Waals surface area contributed by atoms with Crippen molar-refractivity contribution in [1.29, 1.82) is 0 Å². The van der Waals surface area contributed by atoms with Gasteiger partial charge in [0, 0.05) is 0 Å². The average molecular weight is 172 g/mol. The molecule has 0 saturated heterocycles. The zero-order chi connectivity index (χ0) is 7.56. The largest absolute Gasteiger partial charge is 0.313 e. The fourth-order valence-corrected chi connectivity index (χ4v) is 1.74. The SMILES string of the molecule is C#CC(N)c1sccc1Cl. The van der Waals surface area contributed by atoms with Crippen LogP contribution >= 0.6 is 22.9 Å². The summed E-state index contributed by atoms with van der Waals surface area (Å²) < 4.78 is 0. The van der Waals surface area contributed by atoms with Crippen molar-refractivity contribution in [2.24, 2.45) is 5.73 Å². The molecule has 0 aliphatic carbocycles. The monoisotopic (exact) mass is 171 g/mol. The molecule has 0 radical (unpaired) electrons. The molecule has 1 nitrogen and oxygen atoms in total. The third kappa shape index (κ3) is 1.32. The Hall–Kier alpha value is -0.490. The first kappa shape index (κ1) is 7.62. The molecule has 1 atom stereocenters. The van der Waals surface area contributed by atoms with Gasteiger partial charge in [0.2, 0.25) is 0 Å². The molecule has 1 aromatic rings. The van der Waals surface area contributed by atoms with Gasteiger partial charge in [0.15, 0.2) is 0 Å². The van der Waals surface area contributed by atoms with Crippen molar-refractivity contribution in [3.05, 3.63) is 21.3 Å². The van der Waals surface area contributed by atoms with Crippen molar-refractivity contribution in [3.8, 4) is 12.3 Å². The molecule has 0 bridgehead atoms. The summed E-state index contributed by atoms with van der Waals surface area (Å²) >= 11 is 7.23. The van der Waals surface area contributed by atoms with Gasteiger partial charge in [0.25, 0.3) is 0 Å². The first-order valence-electron chi connectivity index (χ1n) is 2.70. The van der Waals surface area contributed by atoms with Crippen molar-refractivity contribution in [3.63, 3.8) is 0 Å². The minimum atomic E-state index is -0.354. The second-order valence-corrected chi connectivity index (χ2v) is 3.13. The third-order valence-electron chi connectivity index (χ3n) is 1.11. The predicted molar refractivity (Wildman–Crippen MR) is 45.1 cm³/mol. The second-order valence-electron chi connectivity index (χ2n) is 1.78. The van der Waals surface area contributed by atoms with Gasteiger partial charge in [-0.3, -0.25) is 0 Å². The van der Waals surface area contributed by atoms with Crippen molar-refractivity contribution < 1.29 is 0 Å². The van der Waals surface area contributed by atoms with E-state index >= 15 is 0 Å². The van der Waals surface area contributed by atoms with Gasteiger partial charge in [0.05, 0.1) is 9.90 Å². The highest BCUT2D eigenvalue weighted by Crippen LogP contribution is 2.26. The minimum Gasteiger partial charge on any atom is -0.313 e. The lowest BCUT2D eigenvalue weighted by atomic mass is 10.3. The average Bonchev–Trinajstić information content (AvgIpc) is 2.34. The van der Waals surface area contributed by atoms with Gasteiger partial charge in [-0.15, -0.1) is 17.8 Å². The van der Waals surface area contributed by atoms with E-state index in [0.29, 0.717) is 5.02 Å². The van der Waals surface area contributed by atoms with E-state index in [0.717, 1.165) is 4.88 Å². The molecule has 1 heterocycles. The highest BCUT2D eigenvalue weighted by molar-refractivity contribution is 7.10. The minimum absolute atomic E-state index is 0.354. The molecule has 10 heavy (non-hydrogen) atoms. The number of rotatable bonds is 1. The van der Waals surface area contributed by atoms with Crippen LogP contribution in [0.1, 0.15) is 10.9 Å². The van der Waals surface area contributed by atoms with Crippen molar-refractivity contribution >= 4 is 22.9 Å². The van der Waals surface area contributed by atoms with E-state index < -0.39 is 0 Å². The van der Waals surface area contributed by atoms with Crippen LogP contribution in [-0.4, -0.2) is 0 Å². The van der Waals surface area contributed by atoms with E-state index in [-0.39, 0.29) is 6.04 Å². The fourth-order valence-electron chi connectivity index (χ4n) is 0.603. The lowest BCUT2D eigenvalue weighted by Crippen LogP contribution is -2.04. The Labute approximate surface area is 68.8 Å². The molecular weight excluding hydrogens is 166 g/mol. The molecular formula is C7H6ClNS. The Morgan fingerprint density at radius 3 is 2.90 bits per heavy atom. The van der Waals surface area contributed by atoms with Gasteiger partial charge in [-0.1, -0.05) is 17.5 Å². The molecule has 0 amide bonds. The molecule has 1 rings (SSSR count). The summed E-state index contributed by atoms with van der Waals surface area (Å²) in [6.45, 7) is 0. The maximum Gasteiger partial charge on any atom is 0.103 e. The summed E-state index contributed by atoms with van der Waals surface area (Å²) in [5, 5.41) is 2.53. The number of hydrogen-bond acceptors (Lipinski definition) is 2. The smallest absolute Gasteiger partial charge is 0.103 e. The normalized spacial score (nSPS) is 12.5. The summed E-state index contributed by atoms with van der Waals surface area (Å²) in [6, 6.07) is 1.44. The standard InChI is InChI=1S/C7H6ClNS/c1-2-6(9)7-5(8)3-4-10-7/h1,3-4,6H,9H2. The Kier molecular flexibility index (Phi) is 2.34. The molecule has 0 aliphatic heterocycles. The van der Waals surface area contributed by atoms with Crippen LogP contribution in [0, 0.1) is 12.3 Å².